The summed E-state index contributed by atoms with van der Waals surface area (Å²) in [7, 11) is 1.69. The Kier molecular flexibility index (Phi) is 2.40. The zero-order chi connectivity index (χ0) is 9.26. The largest absolute Gasteiger partial charge is 0.375 e. The molecule has 0 aromatic rings. The van der Waals surface area contributed by atoms with Crippen LogP contribution in [0.4, 0.5) is 0 Å². The Bertz CT molecular complexity index is 217. The quantitative estimate of drug-likeness (QED) is 0.471. The summed E-state index contributed by atoms with van der Waals surface area (Å²) in [5, 5.41) is 3.11. The fourth-order valence-electron chi connectivity index (χ4n) is 2.27. The minimum atomic E-state index is 0.474. The Morgan fingerprint density at radius 2 is 2.46 bits per heavy atom. The van der Waals surface area contributed by atoms with E-state index in [1.54, 1.807) is 7.05 Å². The zero-order valence-electron chi connectivity index (χ0n) is 7.99. The van der Waals surface area contributed by atoms with Gasteiger partial charge < -0.3 is 15.8 Å². The van der Waals surface area contributed by atoms with E-state index in [-0.39, 0.29) is 0 Å². The molecule has 2 fully saturated rings. The van der Waals surface area contributed by atoms with Crippen LogP contribution in [0.1, 0.15) is 19.3 Å². The first-order chi connectivity index (χ1) is 6.29. The van der Waals surface area contributed by atoms with Gasteiger partial charge in [0.25, 0.3) is 0 Å². The molecule has 2 aliphatic heterocycles. The molecule has 2 rings (SSSR count). The standard InChI is InChI=1S/C9H17N3O/c1-11-9(10)12-5-6-4-7-2-3-8(6)13-7/h6-8H,2-5H2,1H3,(H3,10,11,12). The van der Waals surface area contributed by atoms with Gasteiger partial charge in [0.15, 0.2) is 5.96 Å². The molecule has 0 aromatic heterocycles. The van der Waals surface area contributed by atoms with Crippen LogP contribution in [0.3, 0.4) is 0 Å². The van der Waals surface area contributed by atoms with Gasteiger partial charge in [-0.05, 0) is 19.3 Å². The third kappa shape index (κ3) is 1.77. The van der Waals surface area contributed by atoms with E-state index in [1.165, 1.54) is 19.3 Å². The minimum absolute atomic E-state index is 0.474. The van der Waals surface area contributed by atoms with Crippen molar-refractivity contribution in [2.75, 3.05) is 13.6 Å². The fourth-order valence-corrected chi connectivity index (χ4v) is 2.27. The highest BCUT2D eigenvalue weighted by Crippen LogP contribution is 2.38. The molecule has 2 bridgehead atoms. The van der Waals surface area contributed by atoms with Crippen molar-refractivity contribution in [3.63, 3.8) is 0 Å². The molecule has 4 heteroatoms. The molecule has 3 N–H and O–H groups in total. The van der Waals surface area contributed by atoms with Crippen molar-refractivity contribution in [1.29, 1.82) is 0 Å². The summed E-state index contributed by atoms with van der Waals surface area (Å²) in [5.74, 6) is 1.17. The molecule has 0 amide bonds. The Balaban J connectivity index is 1.77. The number of fused-ring (bicyclic) bond motifs is 2. The van der Waals surface area contributed by atoms with Gasteiger partial charge in [-0.15, -0.1) is 0 Å². The number of nitrogens with two attached hydrogens (primary N) is 1. The molecule has 13 heavy (non-hydrogen) atoms. The lowest BCUT2D eigenvalue weighted by atomic mass is 9.89. The van der Waals surface area contributed by atoms with E-state index in [0.717, 1.165) is 6.54 Å². The van der Waals surface area contributed by atoms with Crippen LogP contribution >= 0.6 is 0 Å². The number of guanidine groups is 1. The molecule has 0 radical (unpaired) electrons. The molecular weight excluding hydrogens is 166 g/mol. The van der Waals surface area contributed by atoms with Crippen molar-refractivity contribution in [1.82, 2.24) is 5.32 Å². The maximum Gasteiger partial charge on any atom is 0.188 e. The molecular formula is C9H17N3O. The van der Waals surface area contributed by atoms with Crippen LogP contribution < -0.4 is 11.1 Å². The van der Waals surface area contributed by atoms with E-state index in [0.29, 0.717) is 24.1 Å². The highest BCUT2D eigenvalue weighted by molar-refractivity contribution is 5.77. The van der Waals surface area contributed by atoms with Gasteiger partial charge in [-0.3, -0.25) is 4.99 Å². The summed E-state index contributed by atoms with van der Waals surface area (Å²) in [6, 6.07) is 0. The molecule has 2 heterocycles. The smallest absolute Gasteiger partial charge is 0.188 e. The maximum absolute atomic E-state index is 5.73. The van der Waals surface area contributed by atoms with Gasteiger partial charge in [0.1, 0.15) is 0 Å². The van der Waals surface area contributed by atoms with Crippen LogP contribution in [0.15, 0.2) is 4.99 Å². The van der Waals surface area contributed by atoms with Crippen molar-refractivity contribution in [3.8, 4) is 0 Å². The predicted octanol–water partition coefficient (Wildman–Crippen LogP) is 0.0880. The summed E-state index contributed by atoms with van der Waals surface area (Å²) in [5.41, 5.74) is 5.55. The van der Waals surface area contributed by atoms with E-state index in [9.17, 15) is 0 Å². The van der Waals surface area contributed by atoms with Crippen molar-refractivity contribution in [2.45, 2.75) is 31.5 Å². The molecule has 0 aromatic carbocycles. The Labute approximate surface area is 78.5 Å². The van der Waals surface area contributed by atoms with Crippen molar-refractivity contribution >= 4 is 5.96 Å². The monoisotopic (exact) mass is 183 g/mol. The molecule has 2 saturated heterocycles. The van der Waals surface area contributed by atoms with Crippen LogP contribution in [0, 0.1) is 5.92 Å². The summed E-state index contributed by atoms with van der Waals surface area (Å²) in [6.07, 6.45) is 4.66. The van der Waals surface area contributed by atoms with Crippen molar-refractivity contribution in [2.24, 2.45) is 16.6 Å². The van der Waals surface area contributed by atoms with Crippen LogP contribution in [-0.4, -0.2) is 31.8 Å². The number of nitrogens with zero attached hydrogens (tertiary/aromatic N) is 1. The summed E-state index contributed by atoms with van der Waals surface area (Å²) in [6.45, 7) is 0.907. The van der Waals surface area contributed by atoms with Gasteiger partial charge in [-0.1, -0.05) is 0 Å². The minimum Gasteiger partial charge on any atom is -0.375 e. The van der Waals surface area contributed by atoms with Crippen LogP contribution in [0.5, 0.6) is 0 Å². The van der Waals surface area contributed by atoms with Crippen molar-refractivity contribution in [3.05, 3.63) is 0 Å². The highest BCUT2D eigenvalue weighted by Gasteiger charge is 2.40. The Morgan fingerprint density at radius 1 is 1.62 bits per heavy atom. The summed E-state index contributed by atoms with van der Waals surface area (Å²) in [4.78, 5) is 3.85. The number of nitrogens with one attached hydrogen (secondary N) is 1. The van der Waals surface area contributed by atoms with Gasteiger partial charge in [0.2, 0.25) is 0 Å². The summed E-state index contributed by atoms with van der Waals surface area (Å²) >= 11 is 0. The Morgan fingerprint density at radius 3 is 3.00 bits per heavy atom. The molecule has 4 nitrogen and oxygen atoms in total. The van der Waals surface area contributed by atoms with E-state index in [1.807, 2.05) is 0 Å². The van der Waals surface area contributed by atoms with Gasteiger partial charge in [-0.2, -0.15) is 0 Å². The first kappa shape index (κ1) is 8.81. The third-order valence-electron chi connectivity index (χ3n) is 3.02. The first-order valence-electron chi connectivity index (χ1n) is 4.91. The normalized spacial score (nSPS) is 38.2. The number of rotatable bonds is 2. The molecule has 3 unspecified atom stereocenters. The van der Waals surface area contributed by atoms with E-state index >= 15 is 0 Å². The van der Waals surface area contributed by atoms with E-state index < -0.39 is 0 Å². The van der Waals surface area contributed by atoms with E-state index in [2.05, 4.69) is 10.3 Å². The highest BCUT2D eigenvalue weighted by atomic mass is 16.5. The zero-order valence-corrected chi connectivity index (χ0v) is 7.99. The number of aliphatic imine (C=N–C) groups is 1. The topological polar surface area (TPSA) is 59.6 Å². The predicted molar refractivity (Wildman–Crippen MR) is 51.6 cm³/mol. The van der Waals surface area contributed by atoms with Crippen molar-refractivity contribution < 1.29 is 4.74 Å². The number of hydrogen-bond donors (Lipinski definition) is 2. The molecule has 0 spiro atoms. The van der Waals surface area contributed by atoms with Gasteiger partial charge in [-0.25, -0.2) is 0 Å². The molecule has 0 saturated carbocycles. The molecule has 0 aliphatic carbocycles. The lowest BCUT2D eigenvalue weighted by Crippen LogP contribution is -2.37. The third-order valence-corrected chi connectivity index (χ3v) is 3.02. The lowest BCUT2D eigenvalue weighted by Gasteiger charge is -2.18. The molecule has 3 atom stereocenters. The van der Waals surface area contributed by atoms with Crippen LogP contribution in [0.25, 0.3) is 0 Å². The van der Waals surface area contributed by atoms with Gasteiger partial charge in [0.05, 0.1) is 12.2 Å². The number of ether oxygens (including phenoxy) is 1. The second-order valence-electron chi connectivity index (χ2n) is 3.86. The lowest BCUT2D eigenvalue weighted by molar-refractivity contribution is 0.0931. The summed E-state index contributed by atoms with van der Waals surface area (Å²) < 4.78 is 5.73. The SMILES string of the molecule is CN=C(N)NCC1CC2CCC1O2. The van der Waals surface area contributed by atoms with Crippen LogP contribution in [0.2, 0.25) is 0 Å². The first-order valence-corrected chi connectivity index (χ1v) is 4.91. The maximum atomic E-state index is 5.73. The van der Waals surface area contributed by atoms with Crippen LogP contribution in [-0.2, 0) is 4.74 Å². The average Bonchev–Trinajstić information content (AvgIpc) is 2.74. The van der Waals surface area contributed by atoms with Gasteiger partial charge in [0, 0.05) is 19.5 Å². The van der Waals surface area contributed by atoms with E-state index in [4.69, 9.17) is 10.5 Å². The second kappa shape index (κ2) is 3.54. The van der Waals surface area contributed by atoms with Gasteiger partial charge >= 0.3 is 0 Å². The fraction of sp³-hybridized carbons (Fsp3) is 0.889. The average molecular weight is 183 g/mol. The molecule has 2 aliphatic rings. The molecule has 74 valence electrons. The second-order valence-corrected chi connectivity index (χ2v) is 3.86. The Hall–Kier alpha value is -0.770. The number of hydrogen-bond acceptors (Lipinski definition) is 2.